The third-order valence-corrected chi connectivity index (χ3v) is 1.68. The predicted molar refractivity (Wildman–Crippen MR) is 76.9 cm³/mol. The lowest BCUT2D eigenvalue weighted by Crippen LogP contribution is -1.54. The largest absolute Gasteiger partial charge is 0.516 e. The van der Waals surface area contributed by atoms with E-state index in [1.165, 1.54) is 0 Å². The summed E-state index contributed by atoms with van der Waals surface area (Å²) in [7, 11) is 0. The summed E-state index contributed by atoms with van der Waals surface area (Å²) in [5.41, 5.74) is 0. The van der Waals surface area contributed by atoms with Gasteiger partial charge >= 0.3 is 0 Å². The Balaban J connectivity index is 3.76. The molecule has 0 radical (unpaired) electrons. The van der Waals surface area contributed by atoms with Crippen LogP contribution in [0.15, 0.2) is 85.3 Å². The fourth-order valence-electron chi connectivity index (χ4n) is 0.906. The molecule has 17 heavy (non-hydrogen) atoms. The highest BCUT2D eigenvalue weighted by molar-refractivity contribution is 5.20. The number of allylic oxidation sites excluding steroid dienone is 13. The molecule has 0 amide bonds. The molecule has 0 aromatic heterocycles. The molecule has 0 spiro atoms. The van der Waals surface area contributed by atoms with Crippen LogP contribution in [-0.2, 0) is 0 Å². The molecule has 1 heteroatoms. The first-order chi connectivity index (χ1) is 8.41. The SMILES string of the molecule is CCC=CC=CC=CC=CC=CC=CC=CO. The Labute approximate surface area is 104 Å². The van der Waals surface area contributed by atoms with Crippen molar-refractivity contribution in [2.45, 2.75) is 13.3 Å². The summed E-state index contributed by atoms with van der Waals surface area (Å²) in [6.07, 6.45) is 27.0. The van der Waals surface area contributed by atoms with Crippen LogP contribution in [0.3, 0.4) is 0 Å². The van der Waals surface area contributed by atoms with Crippen LogP contribution >= 0.6 is 0 Å². The summed E-state index contributed by atoms with van der Waals surface area (Å²) < 4.78 is 0. The van der Waals surface area contributed by atoms with Crippen LogP contribution in [0.4, 0.5) is 0 Å². The van der Waals surface area contributed by atoms with E-state index < -0.39 is 0 Å². The van der Waals surface area contributed by atoms with Gasteiger partial charge in [0.1, 0.15) is 0 Å². The number of aliphatic hydroxyl groups is 1. The number of hydrogen-bond donors (Lipinski definition) is 1. The predicted octanol–water partition coefficient (Wildman–Crippen LogP) is 4.81. The quantitative estimate of drug-likeness (QED) is 0.490. The van der Waals surface area contributed by atoms with Crippen LogP contribution in [0.5, 0.6) is 0 Å². The molecule has 0 aromatic rings. The molecule has 0 saturated heterocycles. The molecule has 0 aliphatic rings. The molecular weight excluding hydrogens is 208 g/mol. The monoisotopic (exact) mass is 228 g/mol. The van der Waals surface area contributed by atoms with Gasteiger partial charge in [0.2, 0.25) is 0 Å². The molecule has 0 unspecified atom stereocenters. The van der Waals surface area contributed by atoms with E-state index in [0.717, 1.165) is 12.7 Å². The van der Waals surface area contributed by atoms with Gasteiger partial charge in [-0.25, -0.2) is 0 Å². The van der Waals surface area contributed by atoms with Crippen molar-refractivity contribution in [3.63, 3.8) is 0 Å². The van der Waals surface area contributed by atoms with Crippen molar-refractivity contribution in [3.8, 4) is 0 Å². The van der Waals surface area contributed by atoms with Crippen LogP contribution in [0, 0.1) is 0 Å². The number of aliphatic hydroxyl groups excluding tert-OH is 1. The highest BCUT2D eigenvalue weighted by Gasteiger charge is 1.64. The van der Waals surface area contributed by atoms with Gasteiger partial charge in [-0.1, -0.05) is 79.8 Å². The maximum Gasteiger partial charge on any atom is 0.0791 e. The van der Waals surface area contributed by atoms with Crippen LogP contribution in [-0.4, -0.2) is 5.11 Å². The van der Waals surface area contributed by atoms with Gasteiger partial charge in [-0.2, -0.15) is 0 Å². The van der Waals surface area contributed by atoms with Crippen LogP contribution < -0.4 is 0 Å². The Morgan fingerprint density at radius 3 is 1.29 bits per heavy atom. The minimum atomic E-state index is 1.00. The summed E-state index contributed by atoms with van der Waals surface area (Å²) in [6.45, 7) is 2.11. The van der Waals surface area contributed by atoms with E-state index in [-0.39, 0.29) is 0 Å². The lowest BCUT2D eigenvalue weighted by atomic mass is 10.3. The Morgan fingerprint density at radius 2 is 0.941 bits per heavy atom. The van der Waals surface area contributed by atoms with Crippen molar-refractivity contribution in [1.82, 2.24) is 0 Å². The van der Waals surface area contributed by atoms with Gasteiger partial charge in [-0.05, 0) is 12.5 Å². The van der Waals surface area contributed by atoms with Gasteiger partial charge < -0.3 is 5.11 Å². The van der Waals surface area contributed by atoms with Gasteiger partial charge in [-0.3, -0.25) is 0 Å². The fraction of sp³-hybridized carbons (Fsp3) is 0.125. The average molecular weight is 228 g/mol. The van der Waals surface area contributed by atoms with E-state index >= 15 is 0 Å². The van der Waals surface area contributed by atoms with E-state index in [0.29, 0.717) is 0 Å². The molecule has 90 valence electrons. The van der Waals surface area contributed by atoms with Crippen molar-refractivity contribution in [1.29, 1.82) is 0 Å². The zero-order valence-corrected chi connectivity index (χ0v) is 10.2. The van der Waals surface area contributed by atoms with Crippen molar-refractivity contribution in [2.75, 3.05) is 0 Å². The molecule has 0 aromatic carbocycles. The van der Waals surface area contributed by atoms with E-state index in [2.05, 4.69) is 13.0 Å². The summed E-state index contributed by atoms with van der Waals surface area (Å²) in [6, 6.07) is 0. The molecule has 0 heterocycles. The van der Waals surface area contributed by atoms with Gasteiger partial charge in [-0.15, -0.1) is 0 Å². The number of hydrogen-bond acceptors (Lipinski definition) is 1. The second-order valence-electron chi connectivity index (χ2n) is 3.10. The molecular formula is C16H20O. The smallest absolute Gasteiger partial charge is 0.0791 e. The van der Waals surface area contributed by atoms with Crippen molar-refractivity contribution in [3.05, 3.63) is 85.3 Å². The van der Waals surface area contributed by atoms with Crippen LogP contribution in [0.2, 0.25) is 0 Å². The Bertz CT molecular complexity index is 350. The lowest BCUT2D eigenvalue weighted by molar-refractivity contribution is 0.474. The van der Waals surface area contributed by atoms with Gasteiger partial charge in [0.05, 0.1) is 6.26 Å². The second kappa shape index (κ2) is 14.0. The van der Waals surface area contributed by atoms with E-state index in [1.807, 2.05) is 60.8 Å². The minimum Gasteiger partial charge on any atom is -0.516 e. The lowest BCUT2D eigenvalue weighted by Gasteiger charge is -1.75. The van der Waals surface area contributed by atoms with Crippen LogP contribution in [0.1, 0.15) is 13.3 Å². The molecule has 1 nitrogen and oxygen atoms in total. The Kier molecular flexibility index (Phi) is 12.3. The molecule has 0 aliphatic heterocycles. The summed E-state index contributed by atoms with van der Waals surface area (Å²) >= 11 is 0. The molecule has 0 bridgehead atoms. The zero-order valence-electron chi connectivity index (χ0n) is 10.2. The molecule has 0 aliphatic carbocycles. The molecule has 0 saturated carbocycles. The van der Waals surface area contributed by atoms with Gasteiger partial charge in [0.15, 0.2) is 0 Å². The minimum absolute atomic E-state index is 1.00. The van der Waals surface area contributed by atoms with Crippen LogP contribution in [0.25, 0.3) is 0 Å². The molecule has 1 N–H and O–H groups in total. The highest BCUT2D eigenvalue weighted by Crippen LogP contribution is 1.86. The summed E-state index contributed by atoms with van der Waals surface area (Å²) in [5, 5.41) is 8.35. The zero-order chi connectivity index (χ0) is 12.6. The van der Waals surface area contributed by atoms with Gasteiger partial charge in [0.25, 0.3) is 0 Å². The average Bonchev–Trinajstić information content (AvgIpc) is 2.35. The highest BCUT2D eigenvalue weighted by atomic mass is 16.2. The summed E-state index contributed by atoms with van der Waals surface area (Å²) in [4.78, 5) is 0. The number of rotatable bonds is 7. The first-order valence-electron chi connectivity index (χ1n) is 5.71. The topological polar surface area (TPSA) is 20.2 Å². The maximum absolute atomic E-state index is 8.35. The third kappa shape index (κ3) is 14.0. The molecule has 0 atom stereocenters. The molecule has 0 rings (SSSR count). The molecule has 0 fully saturated rings. The Morgan fingerprint density at radius 1 is 0.588 bits per heavy atom. The maximum atomic E-state index is 8.35. The summed E-state index contributed by atoms with van der Waals surface area (Å²) in [5.74, 6) is 0. The first-order valence-corrected chi connectivity index (χ1v) is 5.71. The first kappa shape index (κ1) is 15.0. The second-order valence-corrected chi connectivity index (χ2v) is 3.10. The standard InChI is InChI=1S/C16H20O/c1-2-3-4-5-6-7-8-9-10-11-12-13-14-15-16-17/h3-17H,2H2,1H3. The normalized spacial score (nSPS) is 14.2. The van der Waals surface area contributed by atoms with Crippen molar-refractivity contribution in [2.24, 2.45) is 0 Å². The van der Waals surface area contributed by atoms with E-state index in [1.54, 1.807) is 12.2 Å². The van der Waals surface area contributed by atoms with Crippen molar-refractivity contribution >= 4 is 0 Å². The van der Waals surface area contributed by atoms with E-state index in [9.17, 15) is 0 Å². The Hall–Kier alpha value is -2.02. The van der Waals surface area contributed by atoms with Gasteiger partial charge in [0, 0.05) is 0 Å². The van der Waals surface area contributed by atoms with E-state index in [4.69, 9.17) is 5.11 Å². The fourth-order valence-corrected chi connectivity index (χ4v) is 0.906. The third-order valence-electron chi connectivity index (χ3n) is 1.68. The van der Waals surface area contributed by atoms with Crippen molar-refractivity contribution < 1.29 is 5.11 Å².